The quantitative estimate of drug-likeness (QED) is 0.738. The Morgan fingerprint density at radius 3 is 2.69 bits per heavy atom. The first kappa shape index (κ1) is 11.0. The van der Waals surface area contributed by atoms with Crippen LogP contribution in [-0.2, 0) is 6.42 Å². The van der Waals surface area contributed by atoms with Crippen molar-refractivity contribution < 1.29 is 4.74 Å². The van der Waals surface area contributed by atoms with Crippen molar-refractivity contribution in [1.82, 2.24) is 5.32 Å². The molecule has 1 aliphatic rings. The Kier molecular flexibility index (Phi) is 3.79. The van der Waals surface area contributed by atoms with Gasteiger partial charge in [-0.2, -0.15) is 5.26 Å². The largest absolute Gasteiger partial charge is 0.492 e. The van der Waals surface area contributed by atoms with E-state index < -0.39 is 0 Å². The second-order valence-corrected chi connectivity index (χ2v) is 4.06. The number of ether oxygens (including phenoxy) is 1. The molecule has 3 heteroatoms. The van der Waals surface area contributed by atoms with Crippen molar-refractivity contribution in [3.05, 3.63) is 29.8 Å². The number of benzene rings is 1. The maximum absolute atomic E-state index is 8.53. The molecule has 0 aromatic heterocycles. The summed E-state index contributed by atoms with van der Waals surface area (Å²) in [5.74, 6) is 0.874. The molecule has 0 atom stereocenters. The molecule has 1 fully saturated rings. The fourth-order valence-electron chi connectivity index (χ4n) is 1.51. The third-order valence-corrected chi connectivity index (χ3v) is 2.59. The van der Waals surface area contributed by atoms with Crippen molar-refractivity contribution >= 4 is 0 Å². The Balaban J connectivity index is 1.69. The van der Waals surface area contributed by atoms with Gasteiger partial charge in [-0.25, -0.2) is 0 Å². The number of nitrogens with one attached hydrogen (secondary N) is 1. The van der Waals surface area contributed by atoms with E-state index in [1.165, 1.54) is 12.8 Å². The molecule has 0 heterocycles. The van der Waals surface area contributed by atoms with E-state index in [-0.39, 0.29) is 0 Å². The number of hydrogen-bond donors (Lipinski definition) is 1. The first-order valence-electron chi connectivity index (χ1n) is 5.70. The van der Waals surface area contributed by atoms with Gasteiger partial charge < -0.3 is 10.1 Å². The lowest BCUT2D eigenvalue weighted by atomic mass is 10.2. The summed E-state index contributed by atoms with van der Waals surface area (Å²) in [6.45, 7) is 1.61. The average Bonchev–Trinajstić information content (AvgIpc) is 3.11. The summed E-state index contributed by atoms with van der Waals surface area (Å²) < 4.78 is 5.57. The average molecular weight is 216 g/mol. The van der Waals surface area contributed by atoms with E-state index >= 15 is 0 Å². The molecule has 3 nitrogen and oxygen atoms in total. The highest BCUT2D eigenvalue weighted by molar-refractivity contribution is 5.28. The van der Waals surface area contributed by atoms with Crippen LogP contribution in [-0.4, -0.2) is 19.2 Å². The first-order chi connectivity index (χ1) is 7.88. The summed E-state index contributed by atoms with van der Waals surface area (Å²) in [5, 5.41) is 11.9. The van der Waals surface area contributed by atoms with Gasteiger partial charge >= 0.3 is 0 Å². The van der Waals surface area contributed by atoms with Crippen molar-refractivity contribution in [2.75, 3.05) is 13.2 Å². The molecule has 1 aromatic rings. The zero-order valence-corrected chi connectivity index (χ0v) is 9.28. The highest BCUT2D eigenvalue weighted by Gasteiger charge is 2.19. The van der Waals surface area contributed by atoms with Crippen LogP contribution in [0.1, 0.15) is 18.4 Å². The molecule has 16 heavy (non-hydrogen) atoms. The van der Waals surface area contributed by atoms with Gasteiger partial charge in [-0.05, 0) is 30.5 Å². The number of rotatable bonds is 6. The first-order valence-corrected chi connectivity index (χ1v) is 5.70. The lowest BCUT2D eigenvalue weighted by Gasteiger charge is -2.07. The Hall–Kier alpha value is -1.53. The fraction of sp³-hybridized carbons (Fsp3) is 0.462. The van der Waals surface area contributed by atoms with Gasteiger partial charge in [0.25, 0.3) is 0 Å². The topological polar surface area (TPSA) is 45.0 Å². The molecule has 84 valence electrons. The zero-order valence-electron chi connectivity index (χ0n) is 9.28. The van der Waals surface area contributed by atoms with Crippen LogP contribution in [0.2, 0.25) is 0 Å². The van der Waals surface area contributed by atoms with Gasteiger partial charge in [-0.15, -0.1) is 0 Å². The van der Waals surface area contributed by atoms with Gasteiger partial charge in [0, 0.05) is 12.6 Å². The monoisotopic (exact) mass is 216 g/mol. The molecule has 0 bridgehead atoms. The van der Waals surface area contributed by atoms with Gasteiger partial charge in [-0.1, -0.05) is 12.1 Å². The Labute approximate surface area is 96.0 Å². The normalized spacial score (nSPS) is 14.4. The highest BCUT2D eigenvalue weighted by atomic mass is 16.5. The van der Waals surface area contributed by atoms with E-state index in [4.69, 9.17) is 10.00 Å². The van der Waals surface area contributed by atoms with Crippen molar-refractivity contribution in [2.45, 2.75) is 25.3 Å². The Bertz CT molecular complexity index is 363. The van der Waals surface area contributed by atoms with Crippen LogP contribution in [0.15, 0.2) is 24.3 Å². The van der Waals surface area contributed by atoms with Crippen molar-refractivity contribution in [3.63, 3.8) is 0 Å². The van der Waals surface area contributed by atoms with Gasteiger partial charge in [0.2, 0.25) is 0 Å². The van der Waals surface area contributed by atoms with Crippen molar-refractivity contribution in [1.29, 1.82) is 5.26 Å². The molecule has 0 spiro atoms. The molecule has 0 amide bonds. The van der Waals surface area contributed by atoms with E-state index in [0.29, 0.717) is 13.0 Å². The van der Waals surface area contributed by atoms with Crippen LogP contribution >= 0.6 is 0 Å². The maximum atomic E-state index is 8.53. The second kappa shape index (κ2) is 5.53. The minimum atomic E-state index is 0.462. The predicted molar refractivity (Wildman–Crippen MR) is 62.3 cm³/mol. The van der Waals surface area contributed by atoms with Crippen LogP contribution in [0.3, 0.4) is 0 Å². The highest BCUT2D eigenvalue weighted by Crippen LogP contribution is 2.18. The van der Waals surface area contributed by atoms with Crippen LogP contribution in [0.4, 0.5) is 0 Å². The third kappa shape index (κ3) is 3.56. The molecule has 0 unspecified atom stereocenters. The van der Waals surface area contributed by atoms with Crippen LogP contribution in [0.25, 0.3) is 0 Å². The predicted octanol–water partition coefficient (Wildman–Crippen LogP) is 1.88. The molecule has 0 saturated heterocycles. The van der Waals surface area contributed by atoms with Gasteiger partial charge in [0.05, 0.1) is 12.5 Å². The van der Waals surface area contributed by atoms with Gasteiger partial charge in [0.15, 0.2) is 0 Å². The maximum Gasteiger partial charge on any atom is 0.119 e. The van der Waals surface area contributed by atoms with Gasteiger partial charge in [0.1, 0.15) is 12.4 Å². The summed E-state index contributed by atoms with van der Waals surface area (Å²) >= 11 is 0. The molecule has 1 saturated carbocycles. The van der Waals surface area contributed by atoms with E-state index in [1.807, 2.05) is 24.3 Å². The van der Waals surface area contributed by atoms with Crippen LogP contribution in [0, 0.1) is 11.3 Å². The Morgan fingerprint density at radius 2 is 2.06 bits per heavy atom. The van der Waals surface area contributed by atoms with E-state index in [9.17, 15) is 0 Å². The molecule has 0 aliphatic heterocycles. The molecule has 1 aliphatic carbocycles. The van der Waals surface area contributed by atoms with Crippen molar-refractivity contribution in [2.24, 2.45) is 0 Å². The number of hydrogen-bond acceptors (Lipinski definition) is 3. The minimum Gasteiger partial charge on any atom is -0.492 e. The summed E-state index contributed by atoms with van der Waals surface area (Å²) in [4.78, 5) is 0. The summed E-state index contributed by atoms with van der Waals surface area (Å²) in [5.41, 5.74) is 1.03. The SMILES string of the molecule is N#CCc1ccc(OCCNC2CC2)cc1. The summed E-state index contributed by atoms with van der Waals surface area (Å²) in [6.07, 6.45) is 3.08. The lowest BCUT2D eigenvalue weighted by molar-refractivity contribution is 0.313. The zero-order chi connectivity index (χ0) is 11.2. The molecule has 0 radical (unpaired) electrons. The molecular formula is C13H16N2O. The summed E-state index contributed by atoms with van der Waals surface area (Å²) in [7, 11) is 0. The summed E-state index contributed by atoms with van der Waals surface area (Å²) in [6, 6.07) is 10.6. The fourth-order valence-corrected chi connectivity index (χ4v) is 1.51. The molecular weight excluding hydrogens is 200 g/mol. The van der Waals surface area contributed by atoms with Gasteiger partial charge in [-0.3, -0.25) is 0 Å². The Morgan fingerprint density at radius 1 is 1.31 bits per heavy atom. The third-order valence-electron chi connectivity index (χ3n) is 2.59. The smallest absolute Gasteiger partial charge is 0.119 e. The van der Waals surface area contributed by atoms with E-state index in [2.05, 4.69) is 11.4 Å². The van der Waals surface area contributed by atoms with E-state index in [0.717, 1.165) is 23.9 Å². The van der Waals surface area contributed by atoms with E-state index in [1.54, 1.807) is 0 Å². The number of nitriles is 1. The van der Waals surface area contributed by atoms with Crippen LogP contribution in [0.5, 0.6) is 5.75 Å². The minimum absolute atomic E-state index is 0.462. The molecule has 2 rings (SSSR count). The van der Waals surface area contributed by atoms with Crippen molar-refractivity contribution in [3.8, 4) is 11.8 Å². The number of nitrogens with zero attached hydrogens (tertiary/aromatic N) is 1. The second-order valence-electron chi connectivity index (χ2n) is 4.06. The lowest BCUT2D eigenvalue weighted by Crippen LogP contribution is -2.22. The molecule has 1 N–H and O–H groups in total. The van der Waals surface area contributed by atoms with Crippen LogP contribution < -0.4 is 10.1 Å². The molecule has 1 aromatic carbocycles. The standard InChI is InChI=1S/C13H16N2O/c14-8-7-11-1-5-13(6-2-11)16-10-9-15-12-3-4-12/h1-2,5-6,12,15H,3-4,7,9-10H2.